The number of nitrogens with one attached hydrogen (secondary N) is 1. The zero-order valence-corrected chi connectivity index (χ0v) is 8.51. The van der Waals surface area contributed by atoms with Gasteiger partial charge in [-0.3, -0.25) is 10.1 Å². The van der Waals surface area contributed by atoms with Crippen LogP contribution < -0.4 is 5.32 Å². The van der Waals surface area contributed by atoms with Crippen molar-refractivity contribution in [2.24, 2.45) is 0 Å². The lowest BCUT2D eigenvalue weighted by atomic mass is 9.77. The zero-order chi connectivity index (χ0) is 10.2. The maximum Gasteiger partial charge on any atom is 0.324 e. The van der Waals surface area contributed by atoms with E-state index in [0.717, 1.165) is 25.7 Å². The molecule has 0 unspecified atom stereocenters. The minimum absolute atomic E-state index is 0.116. The van der Waals surface area contributed by atoms with Crippen molar-refractivity contribution >= 4 is 11.9 Å². The van der Waals surface area contributed by atoms with Gasteiger partial charge in [-0.25, -0.2) is 4.79 Å². The first-order chi connectivity index (χ1) is 6.64. The van der Waals surface area contributed by atoms with E-state index in [0.29, 0.717) is 6.42 Å². The van der Waals surface area contributed by atoms with Gasteiger partial charge >= 0.3 is 6.03 Å². The van der Waals surface area contributed by atoms with Crippen molar-refractivity contribution in [3.63, 3.8) is 0 Å². The van der Waals surface area contributed by atoms with Crippen LogP contribution in [0.1, 0.15) is 38.5 Å². The highest BCUT2D eigenvalue weighted by atomic mass is 16.2. The Hall–Kier alpha value is -1.06. The molecule has 2 rings (SSSR count). The van der Waals surface area contributed by atoms with Crippen molar-refractivity contribution in [2.75, 3.05) is 7.05 Å². The molecule has 0 radical (unpaired) electrons. The van der Waals surface area contributed by atoms with E-state index in [1.807, 2.05) is 0 Å². The summed E-state index contributed by atoms with van der Waals surface area (Å²) in [6.45, 7) is 0. The SMILES string of the molecule is CN1C(=O)NC(=O)CC12CCCCC2. The average Bonchev–Trinajstić information content (AvgIpc) is 2.15. The molecule has 0 atom stereocenters. The highest BCUT2D eigenvalue weighted by molar-refractivity contribution is 5.97. The molecule has 78 valence electrons. The third kappa shape index (κ3) is 1.38. The van der Waals surface area contributed by atoms with Crippen LogP contribution in [0, 0.1) is 0 Å². The molecule has 1 N–H and O–H groups in total. The van der Waals surface area contributed by atoms with E-state index in [1.165, 1.54) is 6.42 Å². The van der Waals surface area contributed by atoms with Crippen LogP contribution in [0.15, 0.2) is 0 Å². The van der Waals surface area contributed by atoms with Crippen molar-refractivity contribution in [1.29, 1.82) is 0 Å². The minimum atomic E-state index is -0.233. The van der Waals surface area contributed by atoms with Crippen molar-refractivity contribution in [3.05, 3.63) is 0 Å². The van der Waals surface area contributed by atoms with E-state index in [-0.39, 0.29) is 17.5 Å². The van der Waals surface area contributed by atoms with Gasteiger partial charge in [0.1, 0.15) is 0 Å². The fourth-order valence-electron chi connectivity index (χ4n) is 2.60. The lowest BCUT2D eigenvalue weighted by molar-refractivity contribution is -0.125. The van der Waals surface area contributed by atoms with E-state index in [9.17, 15) is 9.59 Å². The number of imide groups is 1. The van der Waals surface area contributed by atoms with E-state index >= 15 is 0 Å². The quantitative estimate of drug-likeness (QED) is 0.634. The second-order valence-electron chi connectivity index (χ2n) is 4.37. The Bertz CT molecular complexity index is 269. The zero-order valence-electron chi connectivity index (χ0n) is 8.51. The second-order valence-corrected chi connectivity index (χ2v) is 4.37. The van der Waals surface area contributed by atoms with Gasteiger partial charge in [-0.05, 0) is 12.8 Å². The lowest BCUT2D eigenvalue weighted by Gasteiger charge is -2.46. The first-order valence-electron chi connectivity index (χ1n) is 5.22. The molecular weight excluding hydrogens is 180 g/mol. The van der Waals surface area contributed by atoms with E-state index < -0.39 is 0 Å². The number of hydrogen-bond donors (Lipinski definition) is 1. The van der Waals surface area contributed by atoms with Gasteiger partial charge in [-0.15, -0.1) is 0 Å². The first kappa shape index (κ1) is 9.49. The number of carbonyl (C=O) groups excluding carboxylic acids is 2. The van der Waals surface area contributed by atoms with Crippen LogP contribution in [0.4, 0.5) is 4.79 Å². The van der Waals surface area contributed by atoms with Gasteiger partial charge < -0.3 is 4.90 Å². The molecule has 14 heavy (non-hydrogen) atoms. The second kappa shape index (κ2) is 3.26. The summed E-state index contributed by atoms with van der Waals surface area (Å²) < 4.78 is 0. The van der Waals surface area contributed by atoms with Crippen LogP contribution in [0.3, 0.4) is 0 Å². The largest absolute Gasteiger partial charge is 0.324 e. The molecule has 0 aromatic heterocycles. The summed E-state index contributed by atoms with van der Waals surface area (Å²) in [7, 11) is 1.80. The normalized spacial score (nSPS) is 26.5. The summed E-state index contributed by atoms with van der Waals surface area (Å²) in [4.78, 5) is 24.5. The Balaban J connectivity index is 2.21. The molecule has 1 aliphatic carbocycles. The summed E-state index contributed by atoms with van der Waals surface area (Å²) in [6, 6.07) is -0.233. The van der Waals surface area contributed by atoms with Gasteiger partial charge in [0.05, 0.1) is 12.0 Å². The molecule has 0 bridgehead atoms. The molecule has 2 fully saturated rings. The maximum absolute atomic E-state index is 11.5. The smallest absolute Gasteiger partial charge is 0.321 e. The van der Waals surface area contributed by atoms with Gasteiger partial charge in [-0.1, -0.05) is 19.3 Å². The van der Waals surface area contributed by atoms with Crippen LogP contribution in [-0.2, 0) is 4.79 Å². The molecule has 2 aliphatic rings. The van der Waals surface area contributed by atoms with Crippen LogP contribution >= 0.6 is 0 Å². The van der Waals surface area contributed by atoms with Crippen LogP contribution in [0.2, 0.25) is 0 Å². The highest BCUT2D eigenvalue weighted by Gasteiger charge is 2.44. The van der Waals surface area contributed by atoms with Crippen LogP contribution in [0.5, 0.6) is 0 Å². The Morgan fingerprint density at radius 3 is 2.50 bits per heavy atom. The molecule has 1 saturated heterocycles. The highest BCUT2D eigenvalue weighted by Crippen LogP contribution is 2.37. The Morgan fingerprint density at radius 2 is 1.86 bits per heavy atom. The Kier molecular flexibility index (Phi) is 2.21. The first-order valence-corrected chi connectivity index (χ1v) is 5.22. The molecule has 1 spiro atoms. The van der Waals surface area contributed by atoms with Gasteiger partial charge in [0.2, 0.25) is 5.91 Å². The van der Waals surface area contributed by atoms with Gasteiger partial charge in [-0.2, -0.15) is 0 Å². The molecule has 0 aromatic carbocycles. The Morgan fingerprint density at radius 1 is 1.21 bits per heavy atom. The molecular formula is C10H16N2O2. The summed E-state index contributed by atoms with van der Waals surface area (Å²) >= 11 is 0. The predicted molar refractivity (Wildman–Crippen MR) is 51.7 cm³/mol. The monoisotopic (exact) mass is 196 g/mol. The fourth-order valence-corrected chi connectivity index (χ4v) is 2.60. The van der Waals surface area contributed by atoms with Gasteiger partial charge in [0.25, 0.3) is 0 Å². The van der Waals surface area contributed by atoms with Crippen molar-refractivity contribution in [1.82, 2.24) is 10.2 Å². The van der Waals surface area contributed by atoms with Crippen molar-refractivity contribution in [2.45, 2.75) is 44.1 Å². The standard InChI is InChI=1S/C10H16N2O2/c1-12-9(14)11-8(13)7-10(12)5-3-2-4-6-10/h2-7H2,1H3,(H,11,13,14). The molecule has 4 heteroatoms. The van der Waals surface area contributed by atoms with Crippen LogP contribution in [-0.4, -0.2) is 29.4 Å². The van der Waals surface area contributed by atoms with Crippen LogP contribution in [0.25, 0.3) is 0 Å². The molecule has 1 aliphatic heterocycles. The summed E-state index contributed by atoms with van der Waals surface area (Å²) in [6.07, 6.45) is 5.92. The maximum atomic E-state index is 11.5. The molecule has 0 aromatic rings. The fraction of sp³-hybridized carbons (Fsp3) is 0.800. The lowest BCUT2D eigenvalue weighted by Crippen LogP contribution is -2.61. The van der Waals surface area contributed by atoms with Crippen molar-refractivity contribution < 1.29 is 9.59 Å². The van der Waals surface area contributed by atoms with Crippen molar-refractivity contribution in [3.8, 4) is 0 Å². The van der Waals surface area contributed by atoms with Gasteiger partial charge in [0.15, 0.2) is 0 Å². The predicted octanol–water partition coefficient (Wildman–Crippen LogP) is 1.26. The average molecular weight is 196 g/mol. The Labute approximate surface area is 83.6 Å². The number of nitrogens with zero attached hydrogens (tertiary/aromatic N) is 1. The van der Waals surface area contributed by atoms with E-state index in [2.05, 4.69) is 5.32 Å². The van der Waals surface area contributed by atoms with Gasteiger partial charge in [0, 0.05) is 7.05 Å². The minimum Gasteiger partial charge on any atom is -0.321 e. The van der Waals surface area contributed by atoms with E-state index in [4.69, 9.17) is 0 Å². The summed E-state index contributed by atoms with van der Waals surface area (Å²) in [5.74, 6) is -0.116. The molecule has 1 saturated carbocycles. The number of hydrogen-bond acceptors (Lipinski definition) is 2. The third-order valence-electron chi connectivity index (χ3n) is 3.54. The molecule has 1 heterocycles. The number of amides is 3. The number of carbonyl (C=O) groups is 2. The number of urea groups is 1. The molecule has 4 nitrogen and oxygen atoms in total. The molecule has 3 amide bonds. The third-order valence-corrected chi connectivity index (χ3v) is 3.54. The summed E-state index contributed by atoms with van der Waals surface area (Å²) in [5, 5.41) is 2.35. The topological polar surface area (TPSA) is 49.4 Å². The van der Waals surface area contributed by atoms with E-state index in [1.54, 1.807) is 11.9 Å². The number of rotatable bonds is 0. The summed E-state index contributed by atoms with van der Waals surface area (Å²) in [5.41, 5.74) is -0.169.